The number of fused-ring (bicyclic) bond motifs is 15. The lowest BCUT2D eigenvalue weighted by Crippen LogP contribution is -2.64. The number of phenolic OH excluding ortho intramolecular Hbond substituents is 3. The van der Waals surface area contributed by atoms with Crippen molar-refractivity contribution in [2.75, 3.05) is 26.3 Å². The number of ether oxygens (including phenoxy) is 6. The third-order valence-electron chi connectivity index (χ3n) is 24.4. The summed E-state index contributed by atoms with van der Waals surface area (Å²) in [5.41, 5.74) is 2.18. The van der Waals surface area contributed by atoms with E-state index in [4.69, 9.17) is 57.4 Å². The number of aromatic hydroxyl groups is 3. The van der Waals surface area contributed by atoms with Crippen LogP contribution in [0, 0.1) is 23.7 Å². The molecule has 11 bridgehead atoms. The van der Waals surface area contributed by atoms with Crippen molar-refractivity contribution in [3.8, 4) is 57.1 Å². The zero-order valence-corrected chi connectivity index (χ0v) is 73.5. The van der Waals surface area contributed by atoms with Gasteiger partial charge < -0.3 is 138 Å². The fourth-order valence-corrected chi connectivity index (χ4v) is 17.7. The Bertz CT molecular complexity index is 4760. The van der Waals surface area contributed by atoms with Crippen LogP contribution in [0.2, 0.25) is 10.0 Å². The van der Waals surface area contributed by atoms with Crippen LogP contribution in [0.15, 0.2) is 72.8 Å². The quantitative estimate of drug-likeness (QED) is 0.0190. The highest BCUT2D eigenvalue weighted by Crippen LogP contribution is 2.52. The van der Waals surface area contributed by atoms with E-state index in [2.05, 4.69) is 38.8 Å². The van der Waals surface area contributed by atoms with Gasteiger partial charge in [-0.3, -0.25) is 43.2 Å². The molecular formula is C90H119Cl2N7O29. The fourth-order valence-electron chi connectivity index (χ4n) is 17.2. The second-order valence-corrected chi connectivity index (χ2v) is 35.3. The van der Waals surface area contributed by atoms with Gasteiger partial charge in [0.1, 0.15) is 108 Å². The topological polar surface area (TPSA) is 590 Å². The number of benzene rings is 5. The van der Waals surface area contributed by atoms with E-state index < -0.39 is 275 Å². The number of aliphatic hydroxyl groups excluding tert-OH is 11. The maximum absolute atomic E-state index is 16.6. The maximum atomic E-state index is 16.6. The van der Waals surface area contributed by atoms with Crippen molar-refractivity contribution in [2.24, 2.45) is 29.4 Å². The average Bonchev–Trinajstić information content (AvgIpc) is 0.752. The van der Waals surface area contributed by atoms with Gasteiger partial charge in [0.25, 0.3) is 6.47 Å². The zero-order valence-electron chi connectivity index (χ0n) is 72.0. The summed E-state index contributed by atoms with van der Waals surface area (Å²) >= 11 is 14.5. The van der Waals surface area contributed by atoms with Gasteiger partial charge in [-0.1, -0.05) is 115 Å². The van der Waals surface area contributed by atoms with Gasteiger partial charge in [-0.2, -0.15) is 0 Å². The molecule has 12 rings (SSSR count). The summed E-state index contributed by atoms with van der Waals surface area (Å²) in [7, 11) is 0. The minimum atomic E-state index is -2.25. The maximum Gasteiger partial charge on any atom is 0.295 e. The molecule has 128 heavy (non-hydrogen) atoms. The van der Waals surface area contributed by atoms with Crippen molar-refractivity contribution >= 4 is 76.6 Å². The molecule has 5 aromatic rings. The van der Waals surface area contributed by atoms with Gasteiger partial charge in [0.2, 0.25) is 47.8 Å². The van der Waals surface area contributed by atoms with Crippen molar-refractivity contribution in [3.05, 3.63) is 116 Å². The van der Waals surface area contributed by atoms with Gasteiger partial charge in [0.15, 0.2) is 28.8 Å². The SMILES string of the molecule is CCCCCCCCCNC1(C)C[C@H](O[C@@H]2C(O)C(O)[C@@H](CO)O[C@H]2Oc2c3cc4cc2Oc2ccc(cc2Cl)[C@@H](O)[C@@H](NC(=O)[C@H](CC)CC(C)C)C(=O)C[C@@H](CC(N)=O)C(=O)N[C@H]4C(=O)C[C@H]2C(=O)N[C@H](C(=O)N[C@H](OC=O)c4cc(O)c(CNCCCCC(=O)[C@H](O)[C@@H](O)[C@H](O)[C@H](O)CO)c(O)c4-c4cc2ccc4O)[C@H](O)c2ccc(c(Cl)c2)O3)C[C@@H](C)[C@H]1O. The number of aliphatic hydroxyl groups is 11. The second kappa shape index (κ2) is 45.5. The van der Waals surface area contributed by atoms with Gasteiger partial charge in [-0.05, 0) is 154 Å². The summed E-state index contributed by atoms with van der Waals surface area (Å²) in [6.45, 7) is 9.34. The Balaban J connectivity index is 1.16. The number of carbonyl (C=O) groups excluding carboxylic acids is 9. The monoisotopic (exact) mass is 1830 g/mol. The van der Waals surface area contributed by atoms with Crippen LogP contribution in [0.3, 0.4) is 0 Å². The lowest BCUT2D eigenvalue weighted by Gasteiger charge is -2.49. The fraction of sp³-hybridized carbons (Fsp3) is 0.567. The van der Waals surface area contributed by atoms with Crippen LogP contribution in [-0.2, 0) is 63.9 Å². The van der Waals surface area contributed by atoms with E-state index >= 15 is 24.0 Å². The van der Waals surface area contributed by atoms with E-state index in [9.17, 15) is 90.7 Å². The molecule has 702 valence electrons. The number of unbranched alkanes of at least 4 members (excludes halogenated alkanes) is 7. The summed E-state index contributed by atoms with van der Waals surface area (Å²) in [5, 5.41) is 175. The van der Waals surface area contributed by atoms with Crippen LogP contribution in [-0.4, -0.2) is 236 Å². The van der Waals surface area contributed by atoms with E-state index in [1.807, 2.05) is 27.7 Å². The number of amides is 5. The Labute approximate surface area is 749 Å². The van der Waals surface area contributed by atoms with Crippen LogP contribution < -0.4 is 51.8 Å². The summed E-state index contributed by atoms with van der Waals surface area (Å²) in [6.07, 6.45) is -20.6. The molecule has 5 aromatic carbocycles. The molecule has 36 nitrogen and oxygen atoms in total. The number of nitrogens with two attached hydrogens (primary N) is 1. The summed E-state index contributed by atoms with van der Waals surface area (Å²) in [5.74, 6) is -18.7. The van der Waals surface area contributed by atoms with E-state index in [1.54, 1.807) is 6.92 Å². The number of halogens is 2. The molecule has 6 heterocycles. The van der Waals surface area contributed by atoms with Crippen LogP contribution in [0.1, 0.15) is 214 Å². The highest BCUT2D eigenvalue weighted by molar-refractivity contribution is 6.32. The lowest BCUT2D eigenvalue weighted by molar-refractivity contribution is -0.299. The molecule has 0 aromatic heterocycles. The number of nitrogens with one attached hydrogen (secondary N) is 6. The molecule has 2 fully saturated rings. The molecule has 1 aliphatic carbocycles. The molecule has 1 saturated heterocycles. The molecule has 38 heteroatoms. The molecule has 6 aliphatic heterocycles. The largest absolute Gasteiger partial charge is 0.507 e. The average molecular weight is 1830 g/mol. The predicted molar refractivity (Wildman–Crippen MR) is 459 cm³/mol. The molecule has 3 unspecified atom stereocenters. The first kappa shape index (κ1) is 101. The summed E-state index contributed by atoms with van der Waals surface area (Å²) in [4.78, 5) is 132. The van der Waals surface area contributed by atoms with Crippen LogP contribution >= 0.6 is 23.2 Å². The smallest absolute Gasteiger partial charge is 0.295 e. The standard InChI is InChI=1S/C90H119Cl2N7O29/c1-7-9-10-11-12-13-15-25-95-90(6)37-50(27-43(5)83(90)118)124-82-80(117)78(115)67(40-101)127-89(82)128-81-65-32-48-33-66(81)126-64-23-20-47(30-56(64)92)74(111)72-87(122)99-88(123-41-102)53-36-59(105)54(38-94-24-16-14-17-58(104)76(113)79(116)77(114)62(108)39-100)75(112)69(53)52-28-45(18-21-57(52)103)51(86(121)98-72)35-61(107)70(48)96-85(120)49(34-68(93)109)31-60(106)71(97-84(119)44(8-2)26-42(3)4)73(110)46-19-22-63(125-65)55(91)29-46/h18-23,28-30,32-33,36,41-44,49-51,62,67,70-74,76-80,82-83,88-89,94-95,100-101,103,105,108,110-118H,7-17,24-27,31,34-35,37-40H2,1-6H3,(H2,93,109)(H,96,120)(H,97,119)(H,98,121)(H,99,122)/t43-,44-,49+,50-,51-,62-,67-,70-,71+,72+,73-,74-,76+,77-,78?,79-,80?,82-,83-,88-,89+,90?/m1/s1. The van der Waals surface area contributed by atoms with Crippen LogP contribution in [0.25, 0.3) is 11.1 Å². The molecule has 0 radical (unpaired) electrons. The van der Waals surface area contributed by atoms with Crippen molar-refractivity contribution in [2.45, 2.75) is 273 Å². The lowest BCUT2D eigenvalue weighted by atomic mass is 9.73. The number of hydrogen-bond acceptors (Lipinski definition) is 31. The van der Waals surface area contributed by atoms with E-state index in [0.29, 0.717) is 13.0 Å². The van der Waals surface area contributed by atoms with Gasteiger partial charge in [-0.25, -0.2) is 0 Å². The van der Waals surface area contributed by atoms with E-state index in [1.165, 1.54) is 30.3 Å². The molecule has 1 saturated carbocycles. The number of phenols is 3. The molecule has 22 atom stereocenters. The second-order valence-electron chi connectivity index (χ2n) is 34.5. The number of hydrogen-bond donors (Lipinski definition) is 21. The van der Waals surface area contributed by atoms with Gasteiger partial charge in [-0.15, -0.1) is 0 Å². The molecule has 7 aliphatic rings. The number of ketones is 3. The van der Waals surface area contributed by atoms with Gasteiger partial charge in [0.05, 0.1) is 52.9 Å². The molecular weight excluding hydrogens is 1710 g/mol. The molecule has 0 spiro atoms. The number of rotatable bonds is 35. The minimum absolute atomic E-state index is 0.000768. The van der Waals surface area contributed by atoms with Crippen molar-refractivity contribution in [1.29, 1.82) is 0 Å². The zero-order chi connectivity index (χ0) is 93.4. The first-order valence-electron chi connectivity index (χ1n) is 43.3. The highest BCUT2D eigenvalue weighted by Gasteiger charge is 2.52. The predicted octanol–water partition coefficient (Wildman–Crippen LogP) is 4.88. The highest BCUT2D eigenvalue weighted by atomic mass is 35.5. The number of Topliss-reactive ketones (excluding diaryl/α,β-unsaturated/α-hetero) is 3. The third kappa shape index (κ3) is 24.3. The Morgan fingerprint density at radius 3 is 1.97 bits per heavy atom. The number of carbonyl (C=O) groups is 9. The molecule has 22 N–H and O–H groups in total. The Hall–Kier alpha value is -9.29. The van der Waals surface area contributed by atoms with E-state index in [-0.39, 0.29) is 102 Å². The first-order valence-corrected chi connectivity index (χ1v) is 44.1. The van der Waals surface area contributed by atoms with Gasteiger partial charge >= 0.3 is 0 Å². The van der Waals surface area contributed by atoms with Crippen LogP contribution in [0.5, 0.6) is 46.0 Å². The Kier molecular flexibility index (Phi) is 35.9. The normalized spacial score (nSPS) is 26.9. The Morgan fingerprint density at radius 1 is 0.711 bits per heavy atom. The summed E-state index contributed by atoms with van der Waals surface area (Å²) in [6, 6.07) is 7.35. The summed E-state index contributed by atoms with van der Waals surface area (Å²) < 4.78 is 39.3. The Morgan fingerprint density at radius 2 is 1.35 bits per heavy atom. The van der Waals surface area contributed by atoms with Crippen molar-refractivity contribution < 1.29 is 143 Å². The minimum Gasteiger partial charge on any atom is -0.507 e. The number of primary amides is 1. The van der Waals surface area contributed by atoms with E-state index in [0.717, 1.165) is 87.4 Å². The van der Waals surface area contributed by atoms with Crippen molar-refractivity contribution in [3.63, 3.8) is 0 Å². The first-order chi connectivity index (χ1) is 60.8. The molecule has 5 amide bonds. The third-order valence-corrected chi connectivity index (χ3v) is 25.0. The van der Waals surface area contributed by atoms with Crippen LogP contribution in [0.4, 0.5) is 0 Å². The van der Waals surface area contributed by atoms with Gasteiger partial charge in [0, 0.05) is 60.4 Å². The van der Waals surface area contributed by atoms with Crippen molar-refractivity contribution in [1.82, 2.24) is 31.9 Å².